The number of aryl methyl sites for hydroxylation is 1. The summed E-state index contributed by atoms with van der Waals surface area (Å²) in [5, 5.41) is 10.2. The highest BCUT2D eigenvalue weighted by Gasteiger charge is 2.17. The van der Waals surface area contributed by atoms with E-state index in [4.69, 9.17) is 11.6 Å². The van der Waals surface area contributed by atoms with Crippen molar-refractivity contribution in [2.75, 3.05) is 16.0 Å². The molecule has 33 heavy (non-hydrogen) atoms. The molecule has 1 unspecified atom stereocenters. The van der Waals surface area contributed by atoms with Crippen LogP contribution in [0.15, 0.2) is 78.7 Å². The number of hydrogen-bond donors (Lipinski definition) is 3. The average Bonchev–Trinajstić information content (AvgIpc) is 2.82. The van der Waals surface area contributed by atoms with Gasteiger partial charge in [0.05, 0.1) is 12.6 Å². The number of carbonyl (C=O) groups is 1. The third-order valence-corrected chi connectivity index (χ3v) is 6.09. The number of benzene rings is 2. The van der Waals surface area contributed by atoms with Crippen molar-refractivity contribution < 1.29 is 4.79 Å². The number of allylic oxidation sites excluding steroid dienone is 4. The van der Waals surface area contributed by atoms with E-state index in [-0.39, 0.29) is 5.91 Å². The zero-order chi connectivity index (χ0) is 22.6. The van der Waals surface area contributed by atoms with Gasteiger partial charge in [0.15, 0.2) is 5.82 Å². The molecular weight excluding hydrogens is 434 g/mol. The minimum Gasteiger partial charge on any atom is -0.339 e. The lowest BCUT2D eigenvalue weighted by Gasteiger charge is -2.20. The van der Waals surface area contributed by atoms with Gasteiger partial charge < -0.3 is 16.0 Å². The molecule has 3 N–H and O–H groups in total. The van der Waals surface area contributed by atoms with E-state index in [0.717, 1.165) is 47.5 Å². The highest BCUT2D eigenvalue weighted by atomic mass is 35.5. The van der Waals surface area contributed by atoms with Gasteiger partial charge in [0, 0.05) is 17.1 Å². The predicted octanol–water partition coefficient (Wildman–Crippen LogP) is 5.87. The summed E-state index contributed by atoms with van der Waals surface area (Å²) in [4.78, 5) is 21.6. The maximum atomic E-state index is 12.7. The molecule has 2 aliphatic rings. The number of fused-ring (bicyclic) bond motifs is 6. The van der Waals surface area contributed by atoms with Gasteiger partial charge in [-0.3, -0.25) is 4.79 Å². The van der Waals surface area contributed by atoms with Gasteiger partial charge in [0.25, 0.3) is 0 Å². The molecule has 2 heterocycles. The van der Waals surface area contributed by atoms with Crippen LogP contribution in [0.4, 0.5) is 23.1 Å². The van der Waals surface area contributed by atoms with E-state index in [1.54, 1.807) is 6.20 Å². The zero-order valence-electron chi connectivity index (χ0n) is 18.0. The zero-order valence-corrected chi connectivity index (χ0v) is 18.8. The molecule has 2 aromatic carbocycles. The van der Waals surface area contributed by atoms with E-state index in [0.29, 0.717) is 29.1 Å². The Morgan fingerprint density at radius 1 is 1.15 bits per heavy atom. The standard InChI is InChI=1S/C26H24ClN5O/c27-22-16-28-26-30-20-8-4-7-18(13-20)9-10-19-15-21(29-25(22)32-26)11-12-23(19)31-24(33)14-17-5-2-1-3-6-17/h1-8,11-12,15-16,18H,9-10,13-14H2,(H,31,33)(H2,28,29,30,32). The molecule has 0 radical (unpaired) electrons. The second-order valence-electron chi connectivity index (χ2n) is 8.30. The van der Waals surface area contributed by atoms with Gasteiger partial charge in [-0.15, -0.1) is 0 Å². The number of halogens is 1. The van der Waals surface area contributed by atoms with Gasteiger partial charge in [-0.25, -0.2) is 4.98 Å². The van der Waals surface area contributed by atoms with Crippen LogP contribution in [-0.2, 0) is 17.6 Å². The Morgan fingerprint density at radius 3 is 2.91 bits per heavy atom. The Labute approximate surface area is 197 Å². The van der Waals surface area contributed by atoms with Crippen molar-refractivity contribution in [2.24, 2.45) is 5.92 Å². The fraction of sp³-hybridized carbons (Fsp3) is 0.192. The number of nitrogens with zero attached hydrogens (tertiary/aromatic N) is 2. The first kappa shape index (κ1) is 21.2. The molecule has 6 nitrogen and oxygen atoms in total. The van der Waals surface area contributed by atoms with Crippen LogP contribution in [-0.4, -0.2) is 15.9 Å². The number of aromatic nitrogens is 2. The summed E-state index contributed by atoms with van der Waals surface area (Å²) in [7, 11) is 0. The molecule has 1 aliphatic heterocycles. The van der Waals surface area contributed by atoms with E-state index in [1.165, 1.54) is 0 Å². The summed E-state index contributed by atoms with van der Waals surface area (Å²) in [5.41, 5.74) is 4.82. The first-order valence-corrected chi connectivity index (χ1v) is 11.4. The molecule has 1 amide bonds. The van der Waals surface area contributed by atoms with E-state index in [1.807, 2.05) is 42.5 Å². The molecule has 0 fully saturated rings. The highest BCUT2D eigenvalue weighted by molar-refractivity contribution is 6.32. The molecule has 0 spiro atoms. The topological polar surface area (TPSA) is 78.9 Å². The fourth-order valence-electron chi connectivity index (χ4n) is 4.15. The molecule has 6 bridgehead atoms. The SMILES string of the molecule is O=C(Cc1ccccc1)Nc1ccc2cc1CCC1C=CC=C(C1)Nc1ncc(Cl)c(n1)N2. The van der Waals surface area contributed by atoms with Crippen LogP contribution in [0.25, 0.3) is 0 Å². The third kappa shape index (κ3) is 5.23. The van der Waals surface area contributed by atoms with E-state index in [9.17, 15) is 4.79 Å². The summed E-state index contributed by atoms with van der Waals surface area (Å²) in [6.07, 6.45) is 10.9. The molecule has 0 saturated heterocycles. The van der Waals surface area contributed by atoms with Gasteiger partial charge in [-0.05, 0) is 60.6 Å². The summed E-state index contributed by atoms with van der Waals surface area (Å²) in [6, 6.07) is 15.7. The Hall–Kier alpha value is -3.64. The van der Waals surface area contributed by atoms with Crippen LogP contribution < -0.4 is 16.0 Å². The Kier molecular flexibility index (Phi) is 6.09. The van der Waals surface area contributed by atoms with Crippen molar-refractivity contribution in [3.05, 3.63) is 94.8 Å². The lowest BCUT2D eigenvalue weighted by Crippen LogP contribution is -2.16. The van der Waals surface area contributed by atoms with Gasteiger partial charge >= 0.3 is 0 Å². The molecule has 7 heteroatoms. The van der Waals surface area contributed by atoms with Crippen molar-refractivity contribution in [2.45, 2.75) is 25.7 Å². The van der Waals surface area contributed by atoms with E-state index < -0.39 is 0 Å². The quantitative estimate of drug-likeness (QED) is 0.458. The maximum absolute atomic E-state index is 12.7. The first-order valence-electron chi connectivity index (χ1n) is 11.0. The van der Waals surface area contributed by atoms with Crippen molar-refractivity contribution in [1.29, 1.82) is 0 Å². The second kappa shape index (κ2) is 9.46. The summed E-state index contributed by atoms with van der Waals surface area (Å²) in [5.74, 6) is 1.39. The minimum atomic E-state index is -0.0310. The second-order valence-corrected chi connectivity index (χ2v) is 8.71. The summed E-state index contributed by atoms with van der Waals surface area (Å²) >= 11 is 6.35. The summed E-state index contributed by atoms with van der Waals surface area (Å²) in [6.45, 7) is 0. The van der Waals surface area contributed by atoms with Crippen molar-refractivity contribution in [1.82, 2.24) is 9.97 Å². The van der Waals surface area contributed by atoms with Crippen LogP contribution in [0.1, 0.15) is 24.0 Å². The number of hydrogen-bond acceptors (Lipinski definition) is 5. The van der Waals surface area contributed by atoms with Crippen LogP contribution in [0.5, 0.6) is 0 Å². The van der Waals surface area contributed by atoms with Crippen molar-refractivity contribution in [3.63, 3.8) is 0 Å². The molecule has 1 atom stereocenters. The smallest absolute Gasteiger partial charge is 0.228 e. The van der Waals surface area contributed by atoms with E-state index >= 15 is 0 Å². The highest BCUT2D eigenvalue weighted by Crippen LogP contribution is 2.31. The van der Waals surface area contributed by atoms with Gasteiger partial charge in [0.2, 0.25) is 11.9 Å². The fourth-order valence-corrected chi connectivity index (χ4v) is 4.29. The lowest BCUT2D eigenvalue weighted by atomic mass is 9.91. The number of nitrogens with one attached hydrogen (secondary N) is 3. The molecular formula is C26H24ClN5O. The summed E-state index contributed by atoms with van der Waals surface area (Å²) < 4.78 is 0. The van der Waals surface area contributed by atoms with E-state index in [2.05, 4.69) is 50.2 Å². The van der Waals surface area contributed by atoms with Gasteiger partial charge in [-0.1, -0.05) is 54.1 Å². The lowest BCUT2D eigenvalue weighted by molar-refractivity contribution is -0.115. The Morgan fingerprint density at radius 2 is 2.03 bits per heavy atom. The van der Waals surface area contributed by atoms with Crippen LogP contribution in [0.2, 0.25) is 5.02 Å². The van der Waals surface area contributed by atoms with Crippen LogP contribution in [0.3, 0.4) is 0 Å². The molecule has 3 aromatic rings. The number of amides is 1. The largest absolute Gasteiger partial charge is 0.339 e. The normalized spacial score (nSPS) is 16.8. The minimum absolute atomic E-state index is 0.0310. The van der Waals surface area contributed by atoms with Crippen molar-refractivity contribution >= 4 is 40.6 Å². The molecule has 166 valence electrons. The Bertz CT molecular complexity index is 1240. The van der Waals surface area contributed by atoms with Crippen LogP contribution in [0, 0.1) is 5.92 Å². The third-order valence-electron chi connectivity index (χ3n) is 5.81. The molecule has 1 aliphatic carbocycles. The average molecular weight is 458 g/mol. The Balaban J connectivity index is 1.44. The van der Waals surface area contributed by atoms with Gasteiger partial charge in [-0.2, -0.15) is 4.98 Å². The molecule has 5 rings (SSSR count). The van der Waals surface area contributed by atoms with Crippen molar-refractivity contribution in [3.8, 4) is 0 Å². The first-order chi connectivity index (χ1) is 16.1. The van der Waals surface area contributed by atoms with Crippen LogP contribution >= 0.6 is 11.6 Å². The monoisotopic (exact) mass is 457 g/mol. The molecule has 1 aromatic heterocycles. The predicted molar refractivity (Wildman–Crippen MR) is 133 cm³/mol. The maximum Gasteiger partial charge on any atom is 0.228 e. The number of rotatable bonds is 3. The number of carbonyl (C=O) groups excluding carboxylic acids is 1. The van der Waals surface area contributed by atoms with Gasteiger partial charge in [0.1, 0.15) is 5.02 Å². The molecule has 0 saturated carbocycles. The number of anilines is 4.